The highest BCUT2D eigenvalue weighted by Gasteiger charge is 2.48. The van der Waals surface area contributed by atoms with E-state index in [-0.39, 0.29) is 36.1 Å². The molecule has 7 heteroatoms. The zero-order valence-electron chi connectivity index (χ0n) is 13.6. The summed E-state index contributed by atoms with van der Waals surface area (Å²) < 4.78 is 1.67. The fraction of sp³-hybridized carbons (Fsp3) is 0.625. The number of aromatic nitrogens is 2. The average Bonchev–Trinajstić information content (AvgIpc) is 3.04. The van der Waals surface area contributed by atoms with Crippen molar-refractivity contribution < 1.29 is 14.4 Å². The third kappa shape index (κ3) is 3.00. The molecule has 3 amide bonds. The Labute approximate surface area is 135 Å². The van der Waals surface area contributed by atoms with Crippen molar-refractivity contribution in [2.45, 2.75) is 32.2 Å². The van der Waals surface area contributed by atoms with Crippen LogP contribution in [0.15, 0.2) is 12.4 Å². The number of carbonyl (C=O) groups is 3. The van der Waals surface area contributed by atoms with Gasteiger partial charge in [-0.25, -0.2) is 0 Å². The van der Waals surface area contributed by atoms with E-state index in [4.69, 9.17) is 0 Å². The highest BCUT2D eigenvalue weighted by Crippen LogP contribution is 2.37. The molecule has 2 heterocycles. The number of imide groups is 1. The Bertz CT molecular complexity index is 615. The van der Waals surface area contributed by atoms with E-state index in [0.29, 0.717) is 6.54 Å². The first-order chi connectivity index (χ1) is 11.0. The minimum absolute atomic E-state index is 0.151. The van der Waals surface area contributed by atoms with Crippen molar-refractivity contribution in [3.8, 4) is 0 Å². The van der Waals surface area contributed by atoms with Crippen molar-refractivity contribution in [3.63, 3.8) is 0 Å². The number of aryl methyl sites for hydroxylation is 1. The molecule has 23 heavy (non-hydrogen) atoms. The van der Waals surface area contributed by atoms with E-state index >= 15 is 0 Å². The van der Waals surface area contributed by atoms with Gasteiger partial charge in [0.05, 0.1) is 18.0 Å². The number of hydrogen-bond donors (Lipinski definition) is 0. The van der Waals surface area contributed by atoms with Gasteiger partial charge in [0.2, 0.25) is 17.7 Å². The fourth-order valence-electron chi connectivity index (χ4n) is 3.56. The Morgan fingerprint density at radius 1 is 1.26 bits per heavy atom. The van der Waals surface area contributed by atoms with E-state index in [1.807, 2.05) is 13.2 Å². The molecule has 2 atom stereocenters. The van der Waals surface area contributed by atoms with Gasteiger partial charge in [0.15, 0.2) is 0 Å². The second kappa shape index (κ2) is 6.14. The average molecular weight is 318 g/mol. The summed E-state index contributed by atoms with van der Waals surface area (Å²) in [4.78, 5) is 39.8. The number of carbonyl (C=O) groups excluding carboxylic acids is 3. The van der Waals surface area contributed by atoms with Crippen LogP contribution in [0.3, 0.4) is 0 Å². The summed E-state index contributed by atoms with van der Waals surface area (Å²) in [5.74, 6) is -0.958. The van der Waals surface area contributed by atoms with E-state index in [0.717, 1.165) is 31.2 Å². The predicted octanol–water partition coefficient (Wildman–Crippen LogP) is 0.554. The first-order valence-electron chi connectivity index (χ1n) is 8.04. The lowest BCUT2D eigenvalue weighted by Crippen LogP contribution is -2.41. The van der Waals surface area contributed by atoms with E-state index < -0.39 is 0 Å². The van der Waals surface area contributed by atoms with Crippen molar-refractivity contribution in [1.82, 2.24) is 19.6 Å². The molecular formula is C16H22N4O3. The second-order valence-electron chi connectivity index (χ2n) is 6.53. The maximum Gasteiger partial charge on any atom is 0.242 e. The lowest BCUT2D eigenvalue weighted by molar-refractivity contribution is -0.146. The van der Waals surface area contributed by atoms with Crippen LogP contribution in [-0.2, 0) is 28.0 Å². The van der Waals surface area contributed by atoms with Gasteiger partial charge >= 0.3 is 0 Å². The number of hydrogen-bond acceptors (Lipinski definition) is 4. The first-order valence-corrected chi connectivity index (χ1v) is 8.04. The molecule has 0 N–H and O–H groups in total. The largest absolute Gasteiger partial charge is 0.340 e. The maximum absolute atomic E-state index is 12.4. The van der Waals surface area contributed by atoms with E-state index in [1.54, 1.807) is 17.9 Å². The molecule has 1 saturated carbocycles. The molecule has 0 unspecified atom stereocenters. The smallest absolute Gasteiger partial charge is 0.242 e. The molecule has 1 aromatic heterocycles. The predicted molar refractivity (Wildman–Crippen MR) is 81.9 cm³/mol. The van der Waals surface area contributed by atoms with Gasteiger partial charge in [0.25, 0.3) is 0 Å². The van der Waals surface area contributed by atoms with E-state index in [1.165, 1.54) is 9.80 Å². The van der Waals surface area contributed by atoms with Crippen molar-refractivity contribution in [2.75, 3.05) is 13.6 Å². The van der Waals surface area contributed by atoms with Crippen LogP contribution in [0.4, 0.5) is 0 Å². The van der Waals surface area contributed by atoms with Gasteiger partial charge in [0, 0.05) is 32.4 Å². The first kappa shape index (κ1) is 15.7. The Kier molecular flexibility index (Phi) is 4.19. The third-order valence-electron chi connectivity index (χ3n) is 4.83. The van der Waals surface area contributed by atoms with Gasteiger partial charge in [-0.15, -0.1) is 0 Å². The Balaban J connectivity index is 1.62. The summed E-state index contributed by atoms with van der Waals surface area (Å²) in [6.45, 7) is 0.261. The number of amides is 3. The van der Waals surface area contributed by atoms with E-state index in [9.17, 15) is 14.4 Å². The van der Waals surface area contributed by atoms with Crippen molar-refractivity contribution in [2.24, 2.45) is 18.9 Å². The normalized spacial score (nSPS) is 24.0. The summed E-state index contributed by atoms with van der Waals surface area (Å²) in [7, 11) is 3.49. The van der Waals surface area contributed by atoms with Crippen molar-refractivity contribution in [1.29, 1.82) is 0 Å². The van der Waals surface area contributed by atoms with Crippen molar-refractivity contribution >= 4 is 17.7 Å². The van der Waals surface area contributed by atoms with Crippen LogP contribution in [0.2, 0.25) is 0 Å². The molecule has 1 saturated heterocycles. The Morgan fingerprint density at radius 2 is 1.87 bits per heavy atom. The summed E-state index contributed by atoms with van der Waals surface area (Å²) >= 11 is 0. The zero-order valence-corrected chi connectivity index (χ0v) is 13.6. The van der Waals surface area contributed by atoms with Crippen LogP contribution in [0, 0.1) is 11.8 Å². The second-order valence-corrected chi connectivity index (χ2v) is 6.53. The number of likely N-dealkylation sites (tertiary alicyclic amines) is 1. The maximum atomic E-state index is 12.4. The topological polar surface area (TPSA) is 75.5 Å². The van der Waals surface area contributed by atoms with Crippen LogP contribution in [0.1, 0.15) is 31.2 Å². The molecule has 2 fully saturated rings. The van der Waals surface area contributed by atoms with Gasteiger partial charge in [-0.2, -0.15) is 5.10 Å². The summed E-state index contributed by atoms with van der Waals surface area (Å²) in [5, 5.41) is 4.07. The van der Waals surface area contributed by atoms with Crippen LogP contribution in [-0.4, -0.2) is 50.9 Å². The molecule has 0 bridgehead atoms. The molecule has 1 aliphatic carbocycles. The van der Waals surface area contributed by atoms with Crippen molar-refractivity contribution in [3.05, 3.63) is 18.0 Å². The molecule has 1 aromatic rings. The van der Waals surface area contributed by atoms with Gasteiger partial charge < -0.3 is 4.90 Å². The summed E-state index contributed by atoms with van der Waals surface area (Å²) in [5.41, 5.74) is 0.913. The Hall–Kier alpha value is -2.18. The number of nitrogens with zero attached hydrogens (tertiary/aromatic N) is 4. The lowest BCUT2D eigenvalue weighted by atomic mass is 9.81. The van der Waals surface area contributed by atoms with E-state index in [2.05, 4.69) is 5.10 Å². The minimum Gasteiger partial charge on any atom is -0.340 e. The molecule has 7 nitrogen and oxygen atoms in total. The van der Waals surface area contributed by atoms with Crippen LogP contribution < -0.4 is 0 Å². The number of rotatable bonds is 4. The lowest BCUT2D eigenvalue weighted by Gasteiger charge is -2.20. The van der Waals surface area contributed by atoms with Gasteiger partial charge in [-0.05, 0) is 12.8 Å². The standard InChI is InChI=1S/C16H22N4O3/c1-18(8-11-7-17-19(2)9-11)14(21)10-20-15(22)12-5-3-4-6-13(12)16(20)23/h7,9,12-13H,3-6,8,10H2,1-2H3/t12-,13-/m1/s1. The Morgan fingerprint density at radius 3 is 2.39 bits per heavy atom. The highest BCUT2D eigenvalue weighted by molar-refractivity contribution is 6.07. The third-order valence-corrected chi connectivity index (χ3v) is 4.83. The van der Waals surface area contributed by atoms with Crippen LogP contribution >= 0.6 is 0 Å². The fourth-order valence-corrected chi connectivity index (χ4v) is 3.56. The molecule has 124 valence electrons. The van der Waals surface area contributed by atoms with Crippen LogP contribution in [0.25, 0.3) is 0 Å². The summed E-state index contributed by atoms with van der Waals surface area (Å²) in [6, 6.07) is 0. The number of likely N-dealkylation sites (N-methyl/N-ethyl adjacent to an activating group) is 1. The van der Waals surface area contributed by atoms with Gasteiger partial charge in [-0.3, -0.25) is 24.0 Å². The molecular weight excluding hydrogens is 296 g/mol. The van der Waals surface area contributed by atoms with Gasteiger partial charge in [-0.1, -0.05) is 12.8 Å². The SMILES string of the molecule is CN(Cc1cnn(C)c1)C(=O)CN1C(=O)[C@@H]2CCCC[C@H]2C1=O. The molecule has 3 rings (SSSR count). The highest BCUT2D eigenvalue weighted by atomic mass is 16.2. The summed E-state index contributed by atoms with van der Waals surface area (Å²) in [6.07, 6.45) is 7.05. The monoisotopic (exact) mass is 318 g/mol. The minimum atomic E-state index is -0.228. The molecule has 0 radical (unpaired) electrons. The quantitative estimate of drug-likeness (QED) is 0.760. The molecule has 2 aliphatic rings. The van der Waals surface area contributed by atoms with Crippen LogP contribution in [0.5, 0.6) is 0 Å². The zero-order chi connectivity index (χ0) is 16.6. The molecule has 0 aromatic carbocycles. The number of fused-ring (bicyclic) bond motifs is 1. The van der Waals surface area contributed by atoms with Gasteiger partial charge in [0.1, 0.15) is 6.54 Å². The molecule has 0 spiro atoms. The molecule has 1 aliphatic heterocycles.